The molecule has 0 amide bonds. The number of hydrogen-bond acceptors (Lipinski definition) is 3. The summed E-state index contributed by atoms with van der Waals surface area (Å²) in [6, 6.07) is 1.78. The summed E-state index contributed by atoms with van der Waals surface area (Å²) >= 11 is 5.88. The van der Waals surface area contributed by atoms with E-state index in [0.29, 0.717) is 10.7 Å². The maximum Gasteiger partial charge on any atom is 0.151 e. The highest BCUT2D eigenvalue weighted by molar-refractivity contribution is 6.30. The lowest BCUT2D eigenvalue weighted by atomic mass is 9.88. The van der Waals surface area contributed by atoms with Gasteiger partial charge in [-0.3, -0.25) is 0 Å². The van der Waals surface area contributed by atoms with Crippen LogP contribution in [0.4, 0.5) is 11.5 Å². The SMILES string of the molecule is CN(CC1CC2CCC1C2)c1ncc(Cl)cc1N. The van der Waals surface area contributed by atoms with E-state index in [-0.39, 0.29) is 0 Å². The number of anilines is 2. The van der Waals surface area contributed by atoms with E-state index in [1.807, 2.05) is 0 Å². The fraction of sp³-hybridized carbons (Fsp3) is 0.643. The molecule has 2 fully saturated rings. The van der Waals surface area contributed by atoms with Crippen LogP contribution in [-0.4, -0.2) is 18.6 Å². The van der Waals surface area contributed by atoms with E-state index in [4.69, 9.17) is 17.3 Å². The second kappa shape index (κ2) is 4.61. The average molecular weight is 266 g/mol. The zero-order valence-corrected chi connectivity index (χ0v) is 11.5. The van der Waals surface area contributed by atoms with Gasteiger partial charge in [-0.2, -0.15) is 0 Å². The molecular weight excluding hydrogens is 246 g/mol. The highest BCUT2D eigenvalue weighted by Gasteiger charge is 2.39. The van der Waals surface area contributed by atoms with Crippen LogP contribution >= 0.6 is 11.6 Å². The van der Waals surface area contributed by atoms with Crippen LogP contribution in [0.2, 0.25) is 5.02 Å². The van der Waals surface area contributed by atoms with Crippen LogP contribution in [0, 0.1) is 17.8 Å². The lowest BCUT2D eigenvalue weighted by Crippen LogP contribution is -2.29. The van der Waals surface area contributed by atoms with E-state index in [1.165, 1.54) is 25.7 Å². The molecule has 2 bridgehead atoms. The van der Waals surface area contributed by atoms with Crippen molar-refractivity contribution in [2.75, 3.05) is 24.2 Å². The molecule has 0 saturated heterocycles. The van der Waals surface area contributed by atoms with Crippen LogP contribution in [0.5, 0.6) is 0 Å². The molecular formula is C14H20ClN3. The summed E-state index contributed by atoms with van der Waals surface area (Å²) in [6.45, 7) is 1.07. The summed E-state index contributed by atoms with van der Waals surface area (Å²) in [5, 5.41) is 0.601. The van der Waals surface area contributed by atoms with Gasteiger partial charge in [0.2, 0.25) is 0 Å². The molecule has 98 valence electrons. The zero-order valence-electron chi connectivity index (χ0n) is 10.8. The Bertz CT molecular complexity index is 449. The third-order valence-electron chi connectivity index (χ3n) is 4.62. The van der Waals surface area contributed by atoms with Gasteiger partial charge in [-0.05, 0) is 43.1 Å². The number of nitrogens with zero attached hydrogens (tertiary/aromatic N) is 2. The number of aromatic nitrogens is 1. The molecule has 2 aliphatic carbocycles. The Morgan fingerprint density at radius 1 is 1.44 bits per heavy atom. The molecule has 1 heterocycles. The van der Waals surface area contributed by atoms with E-state index in [0.717, 1.165) is 30.1 Å². The number of nitrogen functional groups attached to an aromatic ring is 1. The molecule has 2 saturated carbocycles. The Labute approximate surface area is 113 Å². The molecule has 3 atom stereocenters. The third kappa shape index (κ3) is 2.16. The number of fused-ring (bicyclic) bond motifs is 2. The smallest absolute Gasteiger partial charge is 0.151 e. The number of rotatable bonds is 3. The van der Waals surface area contributed by atoms with Gasteiger partial charge in [0.1, 0.15) is 0 Å². The van der Waals surface area contributed by atoms with Crippen LogP contribution in [0.3, 0.4) is 0 Å². The van der Waals surface area contributed by atoms with E-state index in [2.05, 4.69) is 16.9 Å². The number of nitrogens with two attached hydrogens (primary N) is 1. The highest BCUT2D eigenvalue weighted by Crippen LogP contribution is 2.48. The summed E-state index contributed by atoms with van der Waals surface area (Å²) in [5.74, 6) is 3.61. The lowest BCUT2D eigenvalue weighted by molar-refractivity contribution is 0.337. The number of halogens is 1. The lowest BCUT2D eigenvalue weighted by Gasteiger charge is -2.28. The van der Waals surface area contributed by atoms with Gasteiger partial charge in [0.25, 0.3) is 0 Å². The third-order valence-corrected chi connectivity index (χ3v) is 4.82. The Balaban J connectivity index is 1.69. The van der Waals surface area contributed by atoms with Crippen molar-refractivity contribution < 1.29 is 0 Å². The maximum absolute atomic E-state index is 5.98. The fourth-order valence-corrected chi connectivity index (χ4v) is 3.97. The van der Waals surface area contributed by atoms with Gasteiger partial charge in [0.05, 0.1) is 10.7 Å². The molecule has 3 nitrogen and oxygen atoms in total. The first-order chi connectivity index (χ1) is 8.63. The van der Waals surface area contributed by atoms with Gasteiger partial charge in [0, 0.05) is 19.8 Å². The Morgan fingerprint density at radius 2 is 2.28 bits per heavy atom. The van der Waals surface area contributed by atoms with Crippen molar-refractivity contribution in [3.05, 3.63) is 17.3 Å². The van der Waals surface area contributed by atoms with Gasteiger partial charge in [-0.25, -0.2) is 4.98 Å². The molecule has 1 aromatic rings. The molecule has 0 radical (unpaired) electrons. The minimum Gasteiger partial charge on any atom is -0.396 e. The zero-order chi connectivity index (χ0) is 12.7. The number of pyridine rings is 1. The Morgan fingerprint density at radius 3 is 2.89 bits per heavy atom. The van der Waals surface area contributed by atoms with Gasteiger partial charge in [-0.15, -0.1) is 0 Å². The van der Waals surface area contributed by atoms with Crippen LogP contribution in [-0.2, 0) is 0 Å². The molecule has 2 aliphatic rings. The summed E-state index contributed by atoms with van der Waals surface area (Å²) in [7, 11) is 2.08. The summed E-state index contributed by atoms with van der Waals surface area (Å²) in [6.07, 6.45) is 7.38. The summed E-state index contributed by atoms with van der Waals surface area (Å²) in [4.78, 5) is 6.54. The standard InChI is InChI=1S/C14H20ClN3/c1-18(14-13(16)6-12(15)7-17-14)8-11-5-9-2-3-10(11)4-9/h6-7,9-11H,2-5,8,16H2,1H3. The van der Waals surface area contributed by atoms with Crippen molar-refractivity contribution in [3.63, 3.8) is 0 Å². The molecule has 2 N–H and O–H groups in total. The largest absolute Gasteiger partial charge is 0.396 e. The van der Waals surface area contributed by atoms with Crippen molar-refractivity contribution in [1.29, 1.82) is 0 Å². The Kier molecular flexibility index (Phi) is 3.10. The van der Waals surface area contributed by atoms with Gasteiger partial charge < -0.3 is 10.6 Å². The van der Waals surface area contributed by atoms with E-state index >= 15 is 0 Å². The monoisotopic (exact) mass is 265 g/mol. The van der Waals surface area contributed by atoms with Crippen LogP contribution in [0.1, 0.15) is 25.7 Å². The van der Waals surface area contributed by atoms with Gasteiger partial charge in [-0.1, -0.05) is 18.0 Å². The first-order valence-electron chi connectivity index (χ1n) is 6.75. The molecule has 3 rings (SSSR count). The minimum absolute atomic E-state index is 0.601. The molecule has 18 heavy (non-hydrogen) atoms. The van der Waals surface area contributed by atoms with Crippen LogP contribution in [0.25, 0.3) is 0 Å². The fourth-order valence-electron chi connectivity index (χ4n) is 3.80. The van der Waals surface area contributed by atoms with Crippen molar-refractivity contribution in [2.45, 2.75) is 25.7 Å². The minimum atomic E-state index is 0.601. The highest BCUT2D eigenvalue weighted by atomic mass is 35.5. The Hall–Kier alpha value is -0.960. The van der Waals surface area contributed by atoms with E-state index < -0.39 is 0 Å². The van der Waals surface area contributed by atoms with Crippen molar-refractivity contribution in [2.24, 2.45) is 17.8 Å². The summed E-state index contributed by atoms with van der Waals surface area (Å²) in [5.41, 5.74) is 6.66. The summed E-state index contributed by atoms with van der Waals surface area (Å²) < 4.78 is 0. The molecule has 0 aromatic carbocycles. The van der Waals surface area contributed by atoms with Crippen molar-refractivity contribution >= 4 is 23.1 Å². The molecule has 0 spiro atoms. The van der Waals surface area contributed by atoms with Crippen molar-refractivity contribution in [3.8, 4) is 0 Å². The predicted octanol–water partition coefficient (Wildman–Crippen LogP) is 3.19. The quantitative estimate of drug-likeness (QED) is 0.913. The van der Waals surface area contributed by atoms with Crippen molar-refractivity contribution in [1.82, 2.24) is 4.98 Å². The number of hydrogen-bond donors (Lipinski definition) is 1. The molecule has 3 unspecified atom stereocenters. The van der Waals surface area contributed by atoms with Crippen LogP contribution < -0.4 is 10.6 Å². The first kappa shape index (κ1) is 12.1. The normalized spacial score (nSPS) is 29.8. The second-order valence-electron chi connectivity index (χ2n) is 5.88. The van der Waals surface area contributed by atoms with Crippen LogP contribution in [0.15, 0.2) is 12.3 Å². The average Bonchev–Trinajstić information content (AvgIpc) is 2.90. The first-order valence-corrected chi connectivity index (χ1v) is 7.13. The topological polar surface area (TPSA) is 42.2 Å². The van der Waals surface area contributed by atoms with E-state index in [1.54, 1.807) is 12.3 Å². The maximum atomic E-state index is 5.98. The van der Waals surface area contributed by atoms with Gasteiger partial charge >= 0.3 is 0 Å². The van der Waals surface area contributed by atoms with Gasteiger partial charge in [0.15, 0.2) is 5.82 Å². The molecule has 0 aliphatic heterocycles. The predicted molar refractivity (Wildman–Crippen MR) is 75.9 cm³/mol. The van der Waals surface area contributed by atoms with E-state index in [9.17, 15) is 0 Å². The molecule has 4 heteroatoms. The second-order valence-corrected chi connectivity index (χ2v) is 6.32. The molecule has 1 aromatic heterocycles.